The van der Waals surface area contributed by atoms with Crippen LogP contribution in [0.1, 0.15) is 27.2 Å². The lowest BCUT2D eigenvalue weighted by Gasteiger charge is -2.19. The van der Waals surface area contributed by atoms with Gasteiger partial charge in [0, 0.05) is 34.9 Å². The van der Waals surface area contributed by atoms with Gasteiger partial charge in [0.15, 0.2) is 11.6 Å². The van der Waals surface area contributed by atoms with Crippen molar-refractivity contribution in [1.82, 2.24) is 10.3 Å². The number of nitrogens with zero attached hydrogens (tertiary/aromatic N) is 1. The number of aryl methyl sites for hydroxylation is 2. The number of fused-ring (bicyclic) bond motifs is 1. The van der Waals surface area contributed by atoms with Crippen molar-refractivity contribution >= 4 is 46.4 Å². The number of amides is 1. The molecule has 182 valence electrons. The van der Waals surface area contributed by atoms with E-state index in [4.69, 9.17) is 16.1 Å². The van der Waals surface area contributed by atoms with Gasteiger partial charge in [-0.3, -0.25) is 9.36 Å². The maximum Gasteiger partial charge on any atom is 0.268 e. The van der Waals surface area contributed by atoms with Crippen LogP contribution in [0.5, 0.6) is 0 Å². The standard InChI is InChI=1S/C24H21ClF2N3O4P/c1-13-6-14(2)8-16(7-13)35(33,34-3)23-17-9-15(25)4-5-21(17)29-22(23)24(31)28-10-18-19(26)11-30(32)12-20(18)27/h4-9,11-12,29H,10H2,1-3H3,(H,28,31). The second-order valence-electron chi connectivity index (χ2n) is 8.09. The molecule has 2 aromatic carbocycles. The molecule has 0 aliphatic carbocycles. The van der Waals surface area contributed by atoms with E-state index in [1.165, 1.54) is 7.11 Å². The Kier molecular flexibility index (Phi) is 6.68. The largest absolute Gasteiger partial charge is 0.619 e. The van der Waals surface area contributed by atoms with Crippen LogP contribution in [0.2, 0.25) is 5.02 Å². The molecule has 2 aromatic heterocycles. The number of nitrogens with one attached hydrogen (secondary N) is 2. The molecule has 0 aliphatic rings. The highest BCUT2D eigenvalue weighted by molar-refractivity contribution is 7.75. The first kappa shape index (κ1) is 24.9. The van der Waals surface area contributed by atoms with E-state index in [0.717, 1.165) is 11.1 Å². The second kappa shape index (κ2) is 9.41. The zero-order valence-electron chi connectivity index (χ0n) is 19.0. The summed E-state index contributed by atoms with van der Waals surface area (Å²) in [7, 11) is -2.54. The number of halogens is 3. The highest BCUT2D eigenvalue weighted by atomic mass is 35.5. The maximum atomic E-state index is 14.4. The minimum absolute atomic E-state index is 0.00574. The van der Waals surface area contributed by atoms with Gasteiger partial charge in [-0.15, -0.1) is 0 Å². The van der Waals surface area contributed by atoms with Crippen LogP contribution in [0.25, 0.3) is 10.9 Å². The fourth-order valence-electron chi connectivity index (χ4n) is 4.02. The Morgan fingerprint density at radius 3 is 2.37 bits per heavy atom. The van der Waals surface area contributed by atoms with E-state index in [2.05, 4.69) is 10.3 Å². The summed E-state index contributed by atoms with van der Waals surface area (Å²) in [6.45, 7) is 3.16. The summed E-state index contributed by atoms with van der Waals surface area (Å²) in [6.07, 6.45) is 1.11. The van der Waals surface area contributed by atoms with E-state index >= 15 is 0 Å². The van der Waals surface area contributed by atoms with Crippen molar-refractivity contribution in [1.29, 1.82) is 0 Å². The molecule has 1 amide bonds. The van der Waals surface area contributed by atoms with Crippen LogP contribution in [0.4, 0.5) is 8.78 Å². The lowest BCUT2D eigenvalue weighted by Crippen LogP contribution is -2.32. The van der Waals surface area contributed by atoms with Gasteiger partial charge in [0.05, 0.1) is 10.9 Å². The number of benzene rings is 2. The van der Waals surface area contributed by atoms with Crippen LogP contribution in [0.3, 0.4) is 0 Å². The molecule has 0 radical (unpaired) electrons. The number of rotatable bonds is 6. The fraction of sp³-hybridized carbons (Fsp3) is 0.167. The van der Waals surface area contributed by atoms with Gasteiger partial charge in [-0.05, 0) is 44.2 Å². The van der Waals surface area contributed by atoms with Crippen molar-refractivity contribution in [3.63, 3.8) is 0 Å². The Balaban J connectivity index is 1.85. The van der Waals surface area contributed by atoms with Gasteiger partial charge in [0.2, 0.25) is 12.4 Å². The van der Waals surface area contributed by atoms with Gasteiger partial charge in [-0.1, -0.05) is 28.8 Å². The third-order valence-corrected chi connectivity index (χ3v) is 8.28. The van der Waals surface area contributed by atoms with Crippen LogP contribution in [0, 0.1) is 30.7 Å². The van der Waals surface area contributed by atoms with E-state index in [9.17, 15) is 23.3 Å². The summed E-state index contributed by atoms with van der Waals surface area (Å²) in [6, 6.07) is 10.1. The van der Waals surface area contributed by atoms with E-state index < -0.39 is 37.0 Å². The Labute approximate surface area is 204 Å². The molecular formula is C24H21ClF2N3O4P. The summed E-state index contributed by atoms with van der Waals surface area (Å²) in [5, 5.41) is 14.9. The zero-order valence-corrected chi connectivity index (χ0v) is 20.6. The number of aromatic nitrogens is 2. The fourth-order valence-corrected chi connectivity index (χ4v) is 6.55. The minimum Gasteiger partial charge on any atom is -0.619 e. The highest BCUT2D eigenvalue weighted by Crippen LogP contribution is 2.47. The number of carbonyl (C=O) groups is 1. The summed E-state index contributed by atoms with van der Waals surface area (Å²) < 4.78 is 48.2. The van der Waals surface area contributed by atoms with Gasteiger partial charge >= 0.3 is 0 Å². The molecule has 1 unspecified atom stereocenters. The smallest absolute Gasteiger partial charge is 0.268 e. The SMILES string of the molecule is COP(=O)(c1cc(C)cc(C)c1)c1c(C(=O)NCc2c(F)c[n+]([O-])cc2F)[nH]c2ccc(Cl)cc12. The molecule has 2 heterocycles. The Morgan fingerprint density at radius 1 is 1.14 bits per heavy atom. The Hall–Kier alpha value is -3.26. The molecule has 4 aromatic rings. The maximum absolute atomic E-state index is 14.4. The molecule has 1 atom stereocenters. The minimum atomic E-state index is -3.83. The first-order valence-corrected chi connectivity index (χ1v) is 12.4. The lowest BCUT2D eigenvalue weighted by molar-refractivity contribution is -0.609. The first-order valence-electron chi connectivity index (χ1n) is 10.4. The average Bonchev–Trinajstić information content (AvgIpc) is 3.16. The van der Waals surface area contributed by atoms with E-state index in [0.29, 0.717) is 33.6 Å². The molecule has 2 N–H and O–H groups in total. The highest BCUT2D eigenvalue weighted by Gasteiger charge is 2.36. The second-order valence-corrected chi connectivity index (χ2v) is 11.0. The normalized spacial score (nSPS) is 13.1. The topological polar surface area (TPSA) is 98.1 Å². The van der Waals surface area contributed by atoms with Gasteiger partial charge < -0.3 is 20.0 Å². The molecule has 35 heavy (non-hydrogen) atoms. The number of hydrogen-bond donors (Lipinski definition) is 2. The summed E-state index contributed by atoms with van der Waals surface area (Å²) >= 11 is 6.20. The van der Waals surface area contributed by atoms with Crippen molar-refractivity contribution in [3.8, 4) is 0 Å². The number of H-pyrrole nitrogens is 1. The van der Waals surface area contributed by atoms with Crippen LogP contribution < -0.4 is 20.7 Å². The van der Waals surface area contributed by atoms with Gasteiger partial charge in [0.1, 0.15) is 5.69 Å². The van der Waals surface area contributed by atoms with Crippen LogP contribution >= 0.6 is 19.0 Å². The number of hydrogen-bond acceptors (Lipinski definition) is 4. The first-order chi connectivity index (χ1) is 16.5. The molecule has 0 bridgehead atoms. The Morgan fingerprint density at radius 2 is 1.77 bits per heavy atom. The number of aromatic amines is 1. The van der Waals surface area contributed by atoms with Crippen LogP contribution in [-0.2, 0) is 15.6 Å². The van der Waals surface area contributed by atoms with Gasteiger partial charge in [0.25, 0.3) is 13.3 Å². The summed E-state index contributed by atoms with van der Waals surface area (Å²) in [5.41, 5.74) is 1.59. The third-order valence-electron chi connectivity index (χ3n) is 5.54. The quantitative estimate of drug-likeness (QED) is 0.227. The number of carbonyl (C=O) groups excluding carboxylic acids is 1. The Bertz CT molecular complexity index is 1480. The van der Waals surface area contributed by atoms with E-state index in [-0.39, 0.29) is 15.7 Å². The van der Waals surface area contributed by atoms with Crippen molar-refractivity contribution in [2.24, 2.45) is 0 Å². The van der Waals surface area contributed by atoms with Crippen molar-refractivity contribution in [3.05, 3.63) is 93.0 Å². The lowest BCUT2D eigenvalue weighted by atomic mass is 10.2. The molecule has 0 fully saturated rings. The summed E-state index contributed by atoms with van der Waals surface area (Å²) in [5.74, 6) is -2.99. The molecular weight excluding hydrogens is 499 g/mol. The van der Waals surface area contributed by atoms with Crippen molar-refractivity contribution in [2.45, 2.75) is 20.4 Å². The molecule has 11 heteroatoms. The number of pyridine rings is 1. The van der Waals surface area contributed by atoms with Gasteiger partial charge in [-0.2, -0.15) is 13.5 Å². The molecule has 0 aliphatic heterocycles. The summed E-state index contributed by atoms with van der Waals surface area (Å²) in [4.78, 5) is 16.2. The van der Waals surface area contributed by atoms with E-state index in [1.807, 2.05) is 19.9 Å². The molecule has 0 saturated heterocycles. The molecule has 4 rings (SSSR count). The van der Waals surface area contributed by atoms with Gasteiger partial charge in [-0.25, -0.2) is 0 Å². The van der Waals surface area contributed by atoms with Crippen molar-refractivity contribution < 1.29 is 27.4 Å². The van der Waals surface area contributed by atoms with E-state index in [1.54, 1.807) is 30.3 Å². The predicted molar refractivity (Wildman–Crippen MR) is 130 cm³/mol. The molecule has 0 saturated carbocycles. The van der Waals surface area contributed by atoms with Crippen LogP contribution in [-0.4, -0.2) is 18.0 Å². The monoisotopic (exact) mass is 519 g/mol. The third kappa shape index (κ3) is 4.67. The average molecular weight is 520 g/mol. The molecule has 7 nitrogen and oxygen atoms in total. The predicted octanol–water partition coefficient (Wildman–Crippen LogP) is 4.16. The van der Waals surface area contributed by atoms with Crippen molar-refractivity contribution in [2.75, 3.05) is 7.11 Å². The molecule has 0 spiro atoms. The van der Waals surface area contributed by atoms with Crippen LogP contribution in [0.15, 0.2) is 48.8 Å². The zero-order chi connectivity index (χ0) is 25.5.